The van der Waals surface area contributed by atoms with E-state index in [1.54, 1.807) is 36.7 Å². The van der Waals surface area contributed by atoms with Gasteiger partial charge in [-0.25, -0.2) is 4.39 Å². The molecule has 0 fully saturated rings. The number of carboxylic acids is 1. The van der Waals surface area contributed by atoms with Gasteiger partial charge in [0.05, 0.1) is 10.9 Å². The second-order valence-corrected chi connectivity index (χ2v) is 4.89. The lowest BCUT2D eigenvalue weighted by Crippen LogP contribution is -2.28. The highest BCUT2D eigenvalue weighted by Gasteiger charge is 2.33. The predicted molar refractivity (Wildman–Crippen MR) is 68.2 cm³/mol. The molecule has 0 spiro atoms. The molecule has 0 aliphatic rings. The highest BCUT2D eigenvalue weighted by Crippen LogP contribution is 2.33. The smallest absolute Gasteiger partial charge is 0.313 e. The van der Waals surface area contributed by atoms with Gasteiger partial charge in [-0.3, -0.25) is 4.79 Å². The SMILES string of the molecule is CCn1cc(C(C)(C)C(=O)O)c2cccc(F)c21. The van der Waals surface area contributed by atoms with Crippen LogP contribution in [0.15, 0.2) is 24.4 Å². The van der Waals surface area contributed by atoms with E-state index < -0.39 is 11.4 Å². The van der Waals surface area contributed by atoms with Crippen molar-refractivity contribution in [2.24, 2.45) is 0 Å². The minimum absolute atomic E-state index is 0.318. The van der Waals surface area contributed by atoms with Gasteiger partial charge in [-0.2, -0.15) is 0 Å². The molecule has 2 aromatic rings. The zero-order valence-corrected chi connectivity index (χ0v) is 10.7. The van der Waals surface area contributed by atoms with Crippen molar-refractivity contribution in [2.45, 2.75) is 32.7 Å². The summed E-state index contributed by atoms with van der Waals surface area (Å²) < 4.78 is 15.6. The summed E-state index contributed by atoms with van der Waals surface area (Å²) in [6.07, 6.45) is 1.74. The second kappa shape index (κ2) is 4.12. The number of rotatable bonds is 3. The van der Waals surface area contributed by atoms with Gasteiger partial charge >= 0.3 is 5.97 Å². The monoisotopic (exact) mass is 249 g/mol. The fourth-order valence-corrected chi connectivity index (χ4v) is 2.18. The third-order valence-corrected chi connectivity index (χ3v) is 3.40. The van der Waals surface area contributed by atoms with E-state index in [0.29, 0.717) is 23.0 Å². The zero-order valence-electron chi connectivity index (χ0n) is 10.7. The van der Waals surface area contributed by atoms with Crippen LogP contribution >= 0.6 is 0 Å². The Morgan fingerprint density at radius 1 is 1.44 bits per heavy atom. The van der Waals surface area contributed by atoms with Crippen LogP contribution in [0.5, 0.6) is 0 Å². The van der Waals surface area contributed by atoms with Crippen LogP contribution in [0, 0.1) is 5.82 Å². The largest absolute Gasteiger partial charge is 0.481 e. The summed E-state index contributed by atoms with van der Waals surface area (Å²) in [5.74, 6) is -1.23. The molecule has 0 aliphatic carbocycles. The molecule has 0 radical (unpaired) electrons. The van der Waals surface area contributed by atoms with E-state index >= 15 is 0 Å². The molecule has 0 atom stereocenters. The van der Waals surface area contributed by atoms with Gasteiger partial charge in [0, 0.05) is 18.1 Å². The van der Waals surface area contributed by atoms with Crippen molar-refractivity contribution >= 4 is 16.9 Å². The van der Waals surface area contributed by atoms with Crippen LogP contribution in [0.4, 0.5) is 4.39 Å². The van der Waals surface area contributed by atoms with Crippen molar-refractivity contribution in [1.29, 1.82) is 0 Å². The van der Waals surface area contributed by atoms with Crippen LogP contribution < -0.4 is 0 Å². The van der Waals surface area contributed by atoms with E-state index in [9.17, 15) is 14.3 Å². The quantitative estimate of drug-likeness (QED) is 0.907. The van der Waals surface area contributed by atoms with Gasteiger partial charge in [-0.05, 0) is 32.4 Å². The topological polar surface area (TPSA) is 42.2 Å². The lowest BCUT2D eigenvalue weighted by molar-refractivity contribution is -0.142. The summed E-state index contributed by atoms with van der Waals surface area (Å²) in [4.78, 5) is 11.3. The van der Waals surface area contributed by atoms with Crippen molar-refractivity contribution in [3.63, 3.8) is 0 Å². The molecule has 3 nitrogen and oxygen atoms in total. The number of carbonyl (C=O) groups is 1. The molecule has 0 aliphatic heterocycles. The minimum Gasteiger partial charge on any atom is -0.481 e. The maximum Gasteiger partial charge on any atom is 0.313 e. The fourth-order valence-electron chi connectivity index (χ4n) is 2.18. The molecule has 4 heteroatoms. The number of para-hydroxylation sites is 1. The molecule has 1 N–H and O–H groups in total. The lowest BCUT2D eigenvalue weighted by Gasteiger charge is -2.18. The molecule has 0 amide bonds. The third-order valence-electron chi connectivity index (χ3n) is 3.40. The van der Waals surface area contributed by atoms with E-state index in [2.05, 4.69) is 0 Å². The average Bonchev–Trinajstić information content (AvgIpc) is 2.69. The maximum atomic E-state index is 13.9. The van der Waals surface area contributed by atoms with Crippen molar-refractivity contribution in [1.82, 2.24) is 4.57 Å². The van der Waals surface area contributed by atoms with Crippen LogP contribution in [0.1, 0.15) is 26.3 Å². The van der Waals surface area contributed by atoms with E-state index in [1.165, 1.54) is 6.07 Å². The molecule has 0 saturated heterocycles. The lowest BCUT2D eigenvalue weighted by atomic mass is 9.84. The van der Waals surface area contributed by atoms with E-state index in [0.717, 1.165) is 0 Å². The number of aliphatic carboxylic acids is 1. The molecule has 1 heterocycles. The van der Waals surface area contributed by atoms with Gasteiger partial charge in [0.2, 0.25) is 0 Å². The average molecular weight is 249 g/mol. The summed E-state index contributed by atoms with van der Waals surface area (Å²) >= 11 is 0. The fraction of sp³-hybridized carbons (Fsp3) is 0.357. The van der Waals surface area contributed by atoms with Gasteiger partial charge in [-0.15, -0.1) is 0 Å². The van der Waals surface area contributed by atoms with Crippen molar-refractivity contribution in [3.05, 3.63) is 35.8 Å². The first-order valence-corrected chi connectivity index (χ1v) is 5.90. The van der Waals surface area contributed by atoms with Crippen molar-refractivity contribution < 1.29 is 14.3 Å². The Hall–Kier alpha value is -1.84. The minimum atomic E-state index is -1.04. The summed E-state index contributed by atoms with van der Waals surface area (Å²) in [6.45, 7) is 5.78. The molecule has 2 rings (SSSR count). The highest BCUT2D eigenvalue weighted by atomic mass is 19.1. The molecule has 0 saturated carbocycles. The Morgan fingerprint density at radius 3 is 2.67 bits per heavy atom. The van der Waals surface area contributed by atoms with Crippen LogP contribution in [0.2, 0.25) is 0 Å². The number of aromatic nitrogens is 1. The summed E-state index contributed by atoms with van der Waals surface area (Å²) in [5, 5.41) is 9.97. The Labute approximate surface area is 105 Å². The first-order chi connectivity index (χ1) is 8.39. The molecular formula is C14H16FNO2. The van der Waals surface area contributed by atoms with Crippen molar-refractivity contribution in [2.75, 3.05) is 0 Å². The summed E-state index contributed by atoms with van der Waals surface area (Å²) in [7, 11) is 0. The Morgan fingerprint density at radius 2 is 2.11 bits per heavy atom. The first-order valence-electron chi connectivity index (χ1n) is 5.90. The molecular weight excluding hydrogens is 233 g/mol. The van der Waals surface area contributed by atoms with Crippen LogP contribution in [0.25, 0.3) is 10.9 Å². The summed E-state index contributed by atoms with van der Waals surface area (Å²) in [6, 6.07) is 4.77. The van der Waals surface area contributed by atoms with Gasteiger partial charge in [0.15, 0.2) is 0 Å². The van der Waals surface area contributed by atoms with E-state index in [1.807, 2.05) is 6.92 Å². The number of carboxylic acid groups (broad SMARTS) is 1. The van der Waals surface area contributed by atoms with Crippen LogP contribution in [-0.2, 0) is 16.8 Å². The molecule has 0 unspecified atom stereocenters. The van der Waals surface area contributed by atoms with Crippen LogP contribution in [0.3, 0.4) is 0 Å². The number of fused-ring (bicyclic) bond motifs is 1. The number of aryl methyl sites for hydroxylation is 1. The molecule has 0 bridgehead atoms. The first kappa shape index (κ1) is 12.6. The number of hydrogen-bond donors (Lipinski definition) is 1. The van der Waals surface area contributed by atoms with Gasteiger partial charge in [0.1, 0.15) is 5.82 Å². The van der Waals surface area contributed by atoms with E-state index in [-0.39, 0.29) is 5.82 Å². The Bertz CT molecular complexity index is 614. The standard InChI is InChI=1S/C14H16FNO2/c1-4-16-8-10(14(2,3)13(17)18)9-6-5-7-11(15)12(9)16/h5-8H,4H2,1-3H3,(H,17,18). The van der Waals surface area contributed by atoms with E-state index in [4.69, 9.17) is 0 Å². The number of nitrogens with zero attached hydrogens (tertiary/aromatic N) is 1. The van der Waals surface area contributed by atoms with Gasteiger partial charge < -0.3 is 9.67 Å². The Kier molecular flexibility index (Phi) is 2.89. The van der Waals surface area contributed by atoms with Crippen LogP contribution in [-0.4, -0.2) is 15.6 Å². The number of halogens is 1. The zero-order chi connectivity index (χ0) is 13.5. The maximum absolute atomic E-state index is 13.9. The number of benzene rings is 1. The second-order valence-electron chi connectivity index (χ2n) is 4.89. The molecule has 96 valence electrons. The molecule has 1 aromatic heterocycles. The predicted octanol–water partition coefficient (Wildman–Crippen LogP) is 3.16. The van der Waals surface area contributed by atoms with Gasteiger partial charge in [-0.1, -0.05) is 12.1 Å². The van der Waals surface area contributed by atoms with Crippen molar-refractivity contribution in [3.8, 4) is 0 Å². The Balaban J connectivity index is 2.82. The third kappa shape index (κ3) is 1.68. The number of hydrogen-bond acceptors (Lipinski definition) is 1. The normalized spacial score (nSPS) is 12.0. The molecule has 1 aromatic carbocycles. The summed E-state index contributed by atoms with van der Waals surface area (Å²) in [5.41, 5.74) is 0.0857. The van der Waals surface area contributed by atoms with Gasteiger partial charge in [0.25, 0.3) is 0 Å². The highest BCUT2D eigenvalue weighted by molar-refractivity contribution is 5.92. The molecule has 18 heavy (non-hydrogen) atoms.